The Labute approximate surface area is 433 Å². The van der Waals surface area contributed by atoms with Crippen LogP contribution in [0.2, 0.25) is 0 Å². The topological polar surface area (TPSA) is 209 Å². The third kappa shape index (κ3) is 19.8. The van der Waals surface area contributed by atoms with Crippen LogP contribution in [0.25, 0.3) is 12.2 Å². The van der Waals surface area contributed by atoms with Crippen LogP contribution in [0.15, 0.2) is 122 Å². The standard InChI is InChI=1S/C31H40N2O4.C30H38N2O4/c1-3-5-7-25(26-18-27(32)20-28(33)19-26)21-36-30(34)17-12-23-8-13-24(14-9-23)31(35)37-29-15-10-22(6-4-2)11-16-29;1-3-5-6-24(25-17-26(31)19-27(32)18-25)20-35-29(33)16-11-22-7-12-23(13-8-22)30(34)36-28-14-9-21(4-2)10-15-28/h4,8-9,12-14,17-20,22,25,29H,2-3,5-7,10-11,15-16,21,32-33H2,1H3;4,7-8,11-13,16-19,21,24,28H,2-3,5-6,9-10,14-15,20,31-32H2,1H3/b17-12+;16-11+. The van der Waals surface area contributed by atoms with Crippen molar-refractivity contribution in [1.29, 1.82) is 0 Å². The summed E-state index contributed by atoms with van der Waals surface area (Å²) in [4.78, 5) is 49.8. The molecule has 2 atom stereocenters. The second kappa shape index (κ2) is 30.1. The number of hydrogen-bond donors (Lipinski definition) is 4. The molecule has 0 spiro atoms. The van der Waals surface area contributed by atoms with E-state index in [9.17, 15) is 19.2 Å². The number of rotatable bonds is 23. The molecule has 0 amide bonds. The van der Waals surface area contributed by atoms with Gasteiger partial charge in [-0.25, -0.2) is 19.2 Å². The normalized spacial score (nSPS) is 18.4. The van der Waals surface area contributed by atoms with Gasteiger partial charge in [0.2, 0.25) is 0 Å². The van der Waals surface area contributed by atoms with E-state index < -0.39 is 11.9 Å². The van der Waals surface area contributed by atoms with E-state index in [-0.39, 0.29) is 49.2 Å². The van der Waals surface area contributed by atoms with Gasteiger partial charge in [-0.15, -0.1) is 13.2 Å². The molecule has 390 valence electrons. The Kier molecular flexibility index (Phi) is 23.4. The van der Waals surface area contributed by atoms with E-state index in [0.717, 1.165) is 119 Å². The predicted molar refractivity (Wildman–Crippen MR) is 295 cm³/mol. The van der Waals surface area contributed by atoms with E-state index in [1.54, 1.807) is 72.8 Å². The van der Waals surface area contributed by atoms with Gasteiger partial charge < -0.3 is 41.9 Å². The van der Waals surface area contributed by atoms with Gasteiger partial charge in [0.25, 0.3) is 0 Å². The molecule has 2 aliphatic rings. The molecular formula is C61H78N4O8. The molecule has 0 aliphatic heterocycles. The van der Waals surface area contributed by atoms with Gasteiger partial charge in [-0.1, -0.05) is 75.9 Å². The summed E-state index contributed by atoms with van der Waals surface area (Å²) in [6.45, 7) is 12.4. The van der Waals surface area contributed by atoms with E-state index >= 15 is 0 Å². The highest BCUT2D eigenvalue weighted by Gasteiger charge is 2.25. The number of carbonyl (C=O) groups is 4. The lowest BCUT2D eigenvalue weighted by Gasteiger charge is -2.27. The maximum Gasteiger partial charge on any atom is 0.338 e. The lowest BCUT2D eigenvalue weighted by molar-refractivity contribution is -0.139. The second-order valence-electron chi connectivity index (χ2n) is 19.5. The molecule has 0 saturated heterocycles. The van der Waals surface area contributed by atoms with Crippen molar-refractivity contribution in [3.63, 3.8) is 0 Å². The fraction of sp³-hybridized carbons (Fsp3) is 0.410. The third-order valence-corrected chi connectivity index (χ3v) is 13.6. The minimum absolute atomic E-state index is 0.0205. The number of carbonyl (C=O) groups excluding carboxylic acids is 4. The summed E-state index contributed by atoms with van der Waals surface area (Å²) in [5, 5.41) is 0. The van der Waals surface area contributed by atoms with Crippen molar-refractivity contribution in [2.75, 3.05) is 36.1 Å². The Balaban J connectivity index is 0.000000271. The molecule has 8 N–H and O–H groups in total. The number of hydrogen-bond acceptors (Lipinski definition) is 12. The van der Waals surface area contributed by atoms with Crippen molar-refractivity contribution in [3.8, 4) is 0 Å². The van der Waals surface area contributed by atoms with Gasteiger partial charge in [0.05, 0.1) is 24.3 Å². The maximum atomic E-state index is 12.5. The van der Waals surface area contributed by atoms with Crippen molar-refractivity contribution in [3.05, 3.63) is 156 Å². The van der Waals surface area contributed by atoms with Crippen LogP contribution in [0.4, 0.5) is 22.7 Å². The smallest absolute Gasteiger partial charge is 0.338 e. The van der Waals surface area contributed by atoms with Crippen LogP contribution in [-0.2, 0) is 28.5 Å². The molecule has 4 aromatic carbocycles. The maximum absolute atomic E-state index is 12.5. The molecular weight excluding hydrogens is 917 g/mol. The molecule has 6 rings (SSSR count). The molecule has 0 aromatic heterocycles. The van der Waals surface area contributed by atoms with Crippen molar-refractivity contribution in [2.24, 2.45) is 11.8 Å². The summed E-state index contributed by atoms with van der Waals surface area (Å²) in [6, 6.07) is 25.0. The SMILES string of the molecule is C=CC1CCC(OC(=O)c2ccc(/C=C/C(=O)OCC(CCCC)c3cc(N)cc(N)c3)cc2)CC1.C=CCC1CCC(OC(=O)c2ccc(/C=C/C(=O)OCC(CCCC)c3cc(N)cc(N)c3)cc2)CC1. The van der Waals surface area contributed by atoms with Crippen molar-refractivity contribution < 1.29 is 38.1 Å². The summed E-state index contributed by atoms with van der Waals surface area (Å²) in [7, 11) is 0. The molecule has 2 aliphatic carbocycles. The first kappa shape index (κ1) is 56.8. The van der Waals surface area contributed by atoms with E-state index in [1.807, 2.05) is 36.4 Å². The van der Waals surface area contributed by atoms with Crippen LogP contribution in [-0.4, -0.2) is 49.3 Å². The first-order chi connectivity index (χ1) is 35.2. The number of benzene rings is 4. The average molecular weight is 995 g/mol. The summed E-state index contributed by atoms with van der Waals surface area (Å²) in [5.74, 6) is -0.217. The fourth-order valence-corrected chi connectivity index (χ4v) is 9.32. The van der Waals surface area contributed by atoms with Gasteiger partial charge in [0.1, 0.15) is 12.2 Å². The van der Waals surface area contributed by atoms with Gasteiger partial charge in [-0.05, 0) is 178 Å². The van der Waals surface area contributed by atoms with E-state index in [1.165, 1.54) is 12.2 Å². The van der Waals surface area contributed by atoms with Crippen molar-refractivity contribution in [2.45, 2.75) is 134 Å². The summed E-state index contributed by atoms with van der Waals surface area (Å²) in [6.07, 6.45) is 24.6. The van der Waals surface area contributed by atoms with Crippen LogP contribution in [0.3, 0.4) is 0 Å². The summed E-state index contributed by atoms with van der Waals surface area (Å²) in [5.41, 5.74) is 30.8. The number of ether oxygens (including phenoxy) is 4. The molecule has 2 unspecified atom stereocenters. The Hall–Kier alpha value is -7.08. The Morgan fingerprint density at radius 1 is 0.562 bits per heavy atom. The first-order valence-corrected chi connectivity index (χ1v) is 26.1. The van der Waals surface area contributed by atoms with Crippen LogP contribution >= 0.6 is 0 Å². The monoisotopic (exact) mass is 995 g/mol. The number of nitrogen functional groups attached to an aromatic ring is 4. The average Bonchev–Trinajstić information content (AvgIpc) is 3.38. The minimum atomic E-state index is -0.424. The Morgan fingerprint density at radius 2 is 0.945 bits per heavy atom. The highest BCUT2D eigenvalue weighted by atomic mass is 16.6. The molecule has 12 heteroatoms. The van der Waals surface area contributed by atoms with Gasteiger partial charge in [0.15, 0.2) is 0 Å². The van der Waals surface area contributed by atoms with Crippen LogP contribution < -0.4 is 22.9 Å². The van der Waals surface area contributed by atoms with E-state index in [0.29, 0.717) is 45.7 Å². The Morgan fingerprint density at radius 3 is 1.30 bits per heavy atom. The van der Waals surface area contributed by atoms with Crippen molar-refractivity contribution in [1.82, 2.24) is 0 Å². The zero-order chi connectivity index (χ0) is 52.5. The highest BCUT2D eigenvalue weighted by molar-refractivity contribution is 5.91. The third-order valence-electron chi connectivity index (χ3n) is 13.6. The van der Waals surface area contributed by atoms with E-state index in [4.69, 9.17) is 41.9 Å². The highest BCUT2D eigenvalue weighted by Crippen LogP contribution is 2.31. The fourth-order valence-electron chi connectivity index (χ4n) is 9.32. The molecule has 0 bridgehead atoms. The van der Waals surface area contributed by atoms with Crippen molar-refractivity contribution >= 4 is 58.8 Å². The first-order valence-electron chi connectivity index (χ1n) is 26.1. The van der Waals surface area contributed by atoms with Crippen LogP contribution in [0.5, 0.6) is 0 Å². The second-order valence-corrected chi connectivity index (χ2v) is 19.5. The number of unbranched alkanes of at least 4 members (excludes halogenated alkanes) is 2. The lowest BCUT2D eigenvalue weighted by atomic mass is 9.85. The summed E-state index contributed by atoms with van der Waals surface area (Å²) < 4.78 is 22.4. The molecule has 12 nitrogen and oxygen atoms in total. The van der Waals surface area contributed by atoms with Crippen LogP contribution in [0, 0.1) is 11.8 Å². The predicted octanol–water partition coefficient (Wildman–Crippen LogP) is 13.0. The number of esters is 4. The zero-order valence-electron chi connectivity index (χ0n) is 43.0. The number of nitrogens with two attached hydrogens (primary N) is 4. The van der Waals surface area contributed by atoms with Gasteiger partial charge in [-0.2, -0.15) is 0 Å². The number of allylic oxidation sites excluding steroid dienone is 2. The molecule has 2 saturated carbocycles. The van der Waals surface area contributed by atoms with E-state index in [2.05, 4.69) is 27.0 Å². The van der Waals surface area contributed by atoms with Gasteiger partial charge >= 0.3 is 23.9 Å². The Bertz CT molecular complexity index is 2430. The van der Waals surface area contributed by atoms with Crippen LogP contribution in [0.1, 0.15) is 165 Å². The molecule has 0 radical (unpaired) electrons. The minimum Gasteiger partial charge on any atom is -0.462 e. The largest absolute Gasteiger partial charge is 0.462 e. The summed E-state index contributed by atoms with van der Waals surface area (Å²) >= 11 is 0. The number of anilines is 4. The molecule has 0 heterocycles. The lowest BCUT2D eigenvalue weighted by Crippen LogP contribution is -2.24. The van der Waals surface area contributed by atoms with Gasteiger partial charge in [0, 0.05) is 46.7 Å². The van der Waals surface area contributed by atoms with Gasteiger partial charge in [-0.3, -0.25) is 0 Å². The quantitative estimate of drug-likeness (QED) is 0.0180. The molecule has 4 aromatic rings. The zero-order valence-corrected chi connectivity index (χ0v) is 43.0. The molecule has 73 heavy (non-hydrogen) atoms. The molecule has 2 fully saturated rings.